The first-order valence-corrected chi connectivity index (χ1v) is 15.6. The quantitative estimate of drug-likeness (QED) is 0.193. The Labute approximate surface area is 264 Å². The summed E-state index contributed by atoms with van der Waals surface area (Å²) in [5.41, 5.74) is 9.62. The normalized spacial score (nSPS) is 11.9. The molecule has 0 saturated heterocycles. The van der Waals surface area contributed by atoms with Crippen molar-refractivity contribution < 1.29 is 0 Å². The fraction of sp³-hybridized carbons (Fsp3) is 0. The number of pyridine rings is 1. The van der Waals surface area contributed by atoms with Crippen LogP contribution in [-0.4, -0.2) is 18.9 Å². The second-order valence-electron chi connectivity index (χ2n) is 11.9. The largest absolute Gasteiger partial charge is 0.309 e. The standard InChI is InChI=1S/C42H26N4/c1-3-13-27(14-4-1)35-25-36(28-15-5-2-6-16-28)44-42(43-35)46-38-22-12-10-20-32(38)34-24-33-30-18-8-9-19-31(30)39-23-29-17-7-11-21-37(29)45(39)40(33)26-41(34)46/h1-26H. The minimum atomic E-state index is 0.653. The summed E-state index contributed by atoms with van der Waals surface area (Å²) >= 11 is 0. The highest BCUT2D eigenvalue weighted by molar-refractivity contribution is 6.21. The Morgan fingerprint density at radius 1 is 0.348 bits per heavy atom. The first-order valence-electron chi connectivity index (χ1n) is 15.6. The van der Waals surface area contributed by atoms with Gasteiger partial charge in [-0.05, 0) is 41.8 Å². The van der Waals surface area contributed by atoms with Gasteiger partial charge in [-0.15, -0.1) is 0 Å². The Balaban J connectivity index is 1.38. The topological polar surface area (TPSA) is 35.1 Å². The Morgan fingerprint density at radius 2 is 0.870 bits per heavy atom. The van der Waals surface area contributed by atoms with Crippen LogP contribution in [0.1, 0.15) is 0 Å². The fourth-order valence-corrected chi connectivity index (χ4v) is 7.22. The van der Waals surface area contributed by atoms with E-state index < -0.39 is 0 Å². The van der Waals surface area contributed by atoms with E-state index in [4.69, 9.17) is 9.97 Å². The highest BCUT2D eigenvalue weighted by Gasteiger charge is 2.20. The van der Waals surface area contributed by atoms with E-state index in [1.807, 2.05) is 12.1 Å². The number of rotatable bonds is 3. The highest BCUT2D eigenvalue weighted by atomic mass is 15.2. The van der Waals surface area contributed by atoms with Crippen LogP contribution in [0, 0.1) is 0 Å². The summed E-state index contributed by atoms with van der Waals surface area (Å²) < 4.78 is 4.67. The maximum absolute atomic E-state index is 5.25. The third-order valence-electron chi connectivity index (χ3n) is 9.29. The summed E-state index contributed by atoms with van der Waals surface area (Å²) in [6.45, 7) is 0. The van der Waals surface area contributed by atoms with Crippen LogP contribution in [0.25, 0.3) is 88.4 Å². The summed E-state index contributed by atoms with van der Waals surface area (Å²) in [7, 11) is 0. The van der Waals surface area contributed by atoms with Crippen molar-refractivity contribution >= 4 is 59.9 Å². The van der Waals surface area contributed by atoms with E-state index in [1.165, 1.54) is 43.4 Å². The van der Waals surface area contributed by atoms with E-state index in [2.05, 4.69) is 155 Å². The van der Waals surface area contributed by atoms with Crippen LogP contribution in [0.15, 0.2) is 158 Å². The molecule has 4 heterocycles. The molecule has 0 aliphatic heterocycles. The summed E-state index contributed by atoms with van der Waals surface area (Å²) in [6.07, 6.45) is 0. The van der Waals surface area contributed by atoms with E-state index in [0.29, 0.717) is 5.95 Å². The Bertz CT molecular complexity index is 2730. The zero-order chi connectivity index (χ0) is 30.2. The van der Waals surface area contributed by atoms with Crippen LogP contribution in [-0.2, 0) is 0 Å². The first kappa shape index (κ1) is 25.1. The van der Waals surface area contributed by atoms with E-state index in [9.17, 15) is 0 Å². The number of hydrogen-bond donors (Lipinski definition) is 0. The van der Waals surface area contributed by atoms with Crippen molar-refractivity contribution in [2.75, 3.05) is 0 Å². The molecular weight excluding hydrogens is 560 g/mol. The Kier molecular flexibility index (Phi) is 5.25. The molecule has 10 aromatic rings. The molecule has 4 heteroatoms. The van der Waals surface area contributed by atoms with Crippen LogP contribution in [0.2, 0.25) is 0 Å². The van der Waals surface area contributed by atoms with Gasteiger partial charge in [-0.2, -0.15) is 0 Å². The lowest BCUT2D eigenvalue weighted by Gasteiger charge is -2.13. The van der Waals surface area contributed by atoms with Crippen LogP contribution in [0.5, 0.6) is 0 Å². The fourth-order valence-electron chi connectivity index (χ4n) is 7.22. The molecule has 4 aromatic heterocycles. The average molecular weight is 587 g/mol. The van der Waals surface area contributed by atoms with Crippen molar-refractivity contribution in [3.63, 3.8) is 0 Å². The number of nitrogens with zero attached hydrogens (tertiary/aromatic N) is 4. The van der Waals surface area contributed by atoms with Crippen LogP contribution < -0.4 is 0 Å². The molecule has 46 heavy (non-hydrogen) atoms. The van der Waals surface area contributed by atoms with Gasteiger partial charge in [0.05, 0.1) is 39.0 Å². The number of benzene rings is 6. The lowest BCUT2D eigenvalue weighted by molar-refractivity contribution is 0.996. The molecule has 10 rings (SSSR count). The molecule has 0 N–H and O–H groups in total. The first-order chi connectivity index (χ1) is 22.8. The molecule has 0 radical (unpaired) electrons. The molecule has 4 nitrogen and oxygen atoms in total. The Hall–Kier alpha value is -6.26. The molecule has 0 unspecified atom stereocenters. The van der Waals surface area contributed by atoms with Crippen molar-refractivity contribution in [1.29, 1.82) is 0 Å². The van der Waals surface area contributed by atoms with Crippen molar-refractivity contribution in [2.24, 2.45) is 0 Å². The molecule has 0 bridgehead atoms. The Morgan fingerprint density at radius 3 is 1.57 bits per heavy atom. The molecule has 0 spiro atoms. The van der Waals surface area contributed by atoms with Gasteiger partial charge < -0.3 is 4.40 Å². The maximum Gasteiger partial charge on any atom is 0.235 e. The van der Waals surface area contributed by atoms with Gasteiger partial charge in [0, 0.05) is 38.1 Å². The molecule has 0 aliphatic carbocycles. The second kappa shape index (κ2) is 9.62. The zero-order valence-electron chi connectivity index (χ0n) is 24.8. The van der Waals surface area contributed by atoms with E-state index in [-0.39, 0.29) is 0 Å². The maximum atomic E-state index is 5.25. The average Bonchev–Trinajstić information content (AvgIpc) is 3.68. The molecular formula is C42H26N4. The lowest BCUT2D eigenvalue weighted by atomic mass is 10.0. The number of hydrogen-bond acceptors (Lipinski definition) is 2. The predicted octanol–water partition coefficient (Wildman–Crippen LogP) is 10.6. The number of fused-ring (bicyclic) bond motifs is 11. The van der Waals surface area contributed by atoms with Crippen molar-refractivity contribution in [1.82, 2.24) is 18.9 Å². The van der Waals surface area contributed by atoms with E-state index in [1.54, 1.807) is 0 Å². The molecule has 0 fully saturated rings. The van der Waals surface area contributed by atoms with E-state index >= 15 is 0 Å². The predicted molar refractivity (Wildman–Crippen MR) is 191 cm³/mol. The van der Waals surface area contributed by atoms with Gasteiger partial charge in [-0.25, -0.2) is 9.97 Å². The smallest absolute Gasteiger partial charge is 0.235 e. The van der Waals surface area contributed by atoms with Gasteiger partial charge in [0.25, 0.3) is 0 Å². The molecule has 0 saturated carbocycles. The molecule has 0 aliphatic rings. The van der Waals surface area contributed by atoms with Gasteiger partial charge in [0.15, 0.2) is 0 Å². The summed E-state index contributed by atoms with van der Waals surface area (Å²) in [6, 6.07) is 55.9. The highest BCUT2D eigenvalue weighted by Crippen LogP contribution is 2.40. The third-order valence-corrected chi connectivity index (χ3v) is 9.29. The summed E-state index contributed by atoms with van der Waals surface area (Å²) in [4.78, 5) is 10.5. The molecule has 0 atom stereocenters. The molecule has 6 aromatic carbocycles. The van der Waals surface area contributed by atoms with Crippen molar-refractivity contribution in [2.45, 2.75) is 0 Å². The van der Waals surface area contributed by atoms with Gasteiger partial charge in [-0.1, -0.05) is 121 Å². The molecule has 0 amide bonds. The van der Waals surface area contributed by atoms with Gasteiger partial charge >= 0.3 is 0 Å². The SMILES string of the molecule is c1ccc(-c2cc(-c3ccccc3)nc(-n3c4ccccc4c4cc5c6ccccc6c6cc7ccccc7n6c5cc43)n2)cc1. The zero-order valence-corrected chi connectivity index (χ0v) is 24.8. The van der Waals surface area contributed by atoms with Crippen molar-refractivity contribution in [3.8, 4) is 28.5 Å². The van der Waals surface area contributed by atoms with Gasteiger partial charge in [0.2, 0.25) is 5.95 Å². The van der Waals surface area contributed by atoms with Crippen LogP contribution in [0.3, 0.4) is 0 Å². The van der Waals surface area contributed by atoms with Crippen LogP contribution in [0.4, 0.5) is 0 Å². The minimum Gasteiger partial charge on any atom is -0.309 e. The van der Waals surface area contributed by atoms with Crippen molar-refractivity contribution in [3.05, 3.63) is 158 Å². The molecule has 214 valence electrons. The van der Waals surface area contributed by atoms with Gasteiger partial charge in [-0.3, -0.25) is 4.57 Å². The number of aromatic nitrogens is 4. The summed E-state index contributed by atoms with van der Waals surface area (Å²) in [5, 5.41) is 7.31. The summed E-state index contributed by atoms with van der Waals surface area (Å²) in [5.74, 6) is 0.653. The second-order valence-corrected chi connectivity index (χ2v) is 11.9. The van der Waals surface area contributed by atoms with E-state index in [0.717, 1.165) is 39.1 Å². The monoisotopic (exact) mass is 586 g/mol. The lowest BCUT2D eigenvalue weighted by Crippen LogP contribution is -2.04. The number of para-hydroxylation sites is 2. The van der Waals surface area contributed by atoms with Gasteiger partial charge in [0.1, 0.15) is 0 Å². The third kappa shape index (κ3) is 3.61. The van der Waals surface area contributed by atoms with Crippen LogP contribution >= 0.6 is 0 Å². The minimum absolute atomic E-state index is 0.653.